The maximum absolute atomic E-state index is 2.43. The van der Waals surface area contributed by atoms with Crippen molar-refractivity contribution in [3.8, 4) is 22.3 Å². The van der Waals surface area contributed by atoms with Crippen LogP contribution in [-0.2, 0) is 29.1 Å². The molecule has 8 aromatic carbocycles. The van der Waals surface area contributed by atoms with Crippen LogP contribution in [-0.4, -0.2) is 0 Å². The topological polar surface area (TPSA) is 6.48 Å². The first-order chi connectivity index (χ1) is 32.9. The normalized spacial score (nSPS) is 13.8. The van der Waals surface area contributed by atoms with Gasteiger partial charge < -0.3 is 9.80 Å². The average Bonchev–Trinajstić information content (AvgIpc) is 3.37. The van der Waals surface area contributed by atoms with E-state index >= 15 is 0 Å². The van der Waals surface area contributed by atoms with Crippen LogP contribution in [0.25, 0.3) is 22.3 Å². The molecule has 0 saturated heterocycles. The second-order valence-electron chi connectivity index (χ2n) is 21.1. The summed E-state index contributed by atoms with van der Waals surface area (Å²) in [5, 5.41) is 0. The van der Waals surface area contributed by atoms with E-state index in [-0.39, 0.29) is 16.2 Å². The van der Waals surface area contributed by atoms with E-state index in [0.29, 0.717) is 0 Å². The minimum absolute atomic E-state index is 0.0592. The molecular weight excluding hydrogens is 821 g/mol. The second-order valence-corrected chi connectivity index (χ2v) is 21.1. The van der Waals surface area contributed by atoms with Gasteiger partial charge in [-0.05, 0) is 165 Å². The first kappa shape index (κ1) is 46.5. The zero-order valence-electron chi connectivity index (χ0n) is 41.8. The summed E-state index contributed by atoms with van der Waals surface area (Å²) in [4.78, 5) is 4.84. The summed E-state index contributed by atoms with van der Waals surface area (Å²) >= 11 is 0. The zero-order chi connectivity index (χ0) is 47.5. The van der Waals surface area contributed by atoms with Crippen molar-refractivity contribution in [1.29, 1.82) is 0 Å². The first-order valence-corrected chi connectivity index (χ1v) is 25.3. The van der Waals surface area contributed by atoms with Gasteiger partial charge in [0.2, 0.25) is 0 Å². The second kappa shape index (κ2) is 19.5. The molecular formula is C66H70N2. The Labute approximate surface area is 408 Å². The first-order valence-electron chi connectivity index (χ1n) is 25.3. The standard InChI is InChI=1S/C66H70N2/c1-9-48-18-12-14-20-62(48)50-22-34-56(35-23-50)67(58-38-26-52(27-39-58)64(3,4)5)60-42-30-54(31-43-60)66(46-16-11-17-47-66)55-32-44-61(45-33-55)68(59-40-28-53(29-41-59)65(6,7)8)57-36-24-51(25-37-57)63-21-15-13-19-49(63)10-2/h12-15,18-45H,9-11,16-17,46-47H2,1-8H3. The SMILES string of the molecule is CCc1ccccc1-c1ccc(N(c2ccc(C(C)(C)C)cc2)c2ccc(C3(c4ccc(N(c5ccc(-c6ccccc6CC)cc5)c5ccc(C(C)(C)C)cc5)cc4)CCCCC3)cc2)cc1. The highest BCUT2D eigenvalue weighted by atomic mass is 15.1. The van der Waals surface area contributed by atoms with Gasteiger partial charge >= 0.3 is 0 Å². The Hall–Kier alpha value is -6.64. The van der Waals surface area contributed by atoms with Gasteiger partial charge in [-0.1, -0.05) is 196 Å². The van der Waals surface area contributed by atoms with Gasteiger partial charge in [0, 0.05) is 39.5 Å². The highest BCUT2D eigenvalue weighted by molar-refractivity contribution is 5.81. The monoisotopic (exact) mass is 891 g/mol. The molecule has 1 saturated carbocycles. The van der Waals surface area contributed by atoms with Gasteiger partial charge in [-0.3, -0.25) is 0 Å². The van der Waals surface area contributed by atoms with Crippen molar-refractivity contribution in [3.05, 3.63) is 228 Å². The lowest BCUT2D eigenvalue weighted by atomic mass is 9.65. The fraction of sp³-hybridized carbons (Fsp3) is 0.273. The van der Waals surface area contributed by atoms with Crippen LogP contribution in [0.5, 0.6) is 0 Å². The molecule has 2 heteroatoms. The summed E-state index contributed by atoms with van der Waals surface area (Å²) in [6, 6.07) is 73.4. The van der Waals surface area contributed by atoms with Crippen molar-refractivity contribution in [2.24, 2.45) is 0 Å². The molecule has 68 heavy (non-hydrogen) atoms. The Balaban J connectivity index is 1.07. The Morgan fingerprint density at radius 1 is 0.353 bits per heavy atom. The van der Waals surface area contributed by atoms with Crippen molar-refractivity contribution in [2.45, 2.75) is 117 Å². The molecule has 0 aromatic heterocycles. The number of hydrogen-bond donors (Lipinski definition) is 0. The highest BCUT2D eigenvalue weighted by Gasteiger charge is 2.36. The van der Waals surface area contributed by atoms with Gasteiger partial charge in [-0.25, -0.2) is 0 Å². The highest BCUT2D eigenvalue weighted by Crippen LogP contribution is 2.48. The molecule has 0 bridgehead atoms. The zero-order valence-corrected chi connectivity index (χ0v) is 41.8. The van der Waals surface area contributed by atoms with E-state index in [1.54, 1.807) is 0 Å². The van der Waals surface area contributed by atoms with E-state index in [0.717, 1.165) is 59.8 Å². The van der Waals surface area contributed by atoms with Crippen LogP contribution in [0.1, 0.15) is 121 Å². The fourth-order valence-electron chi connectivity index (χ4n) is 10.7. The van der Waals surface area contributed by atoms with Gasteiger partial charge in [-0.15, -0.1) is 0 Å². The van der Waals surface area contributed by atoms with E-state index in [1.165, 1.54) is 74.9 Å². The number of aryl methyl sites for hydroxylation is 2. The van der Waals surface area contributed by atoms with Gasteiger partial charge in [0.05, 0.1) is 0 Å². The van der Waals surface area contributed by atoms with E-state index in [1.807, 2.05) is 0 Å². The van der Waals surface area contributed by atoms with Crippen LogP contribution in [0.2, 0.25) is 0 Å². The molecule has 2 nitrogen and oxygen atoms in total. The van der Waals surface area contributed by atoms with Gasteiger partial charge in [0.1, 0.15) is 0 Å². The molecule has 0 aliphatic heterocycles. The molecule has 344 valence electrons. The molecule has 0 unspecified atom stereocenters. The number of benzene rings is 8. The summed E-state index contributed by atoms with van der Waals surface area (Å²) in [6.07, 6.45) is 8.04. The summed E-state index contributed by atoms with van der Waals surface area (Å²) in [5.41, 5.74) is 20.4. The van der Waals surface area contributed by atoms with Crippen LogP contribution >= 0.6 is 0 Å². The van der Waals surface area contributed by atoms with Crippen molar-refractivity contribution >= 4 is 34.1 Å². The lowest BCUT2D eigenvalue weighted by Crippen LogP contribution is -2.30. The van der Waals surface area contributed by atoms with E-state index < -0.39 is 0 Å². The largest absolute Gasteiger partial charge is 0.311 e. The minimum atomic E-state index is -0.0592. The molecule has 8 aromatic rings. The third-order valence-corrected chi connectivity index (χ3v) is 14.7. The molecule has 0 heterocycles. The van der Waals surface area contributed by atoms with Crippen LogP contribution in [0.4, 0.5) is 34.1 Å². The third kappa shape index (κ3) is 9.57. The van der Waals surface area contributed by atoms with E-state index in [4.69, 9.17) is 0 Å². The summed E-state index contributed by atoms with van der Waals surface area (Å²) in [5.74, 6) is 0. The lowest BCUT2D eigenvalue weighted by Gasteiger charge is -2.39. The molecule has 0 radical (unpaired) electrons. The van der Waals surface area contributed by atoms with Crippen molar-refractivity contribution < 1.29 is 0 Å². The molecule has 9 rings (SSSR count). The van der Waals surface area contributed by atoms with Crippen LogP contribution in [0.3, 0.4) is 0 Å². The van der Waals surface area contributed by atoms with Gasteiger partial charge in [0.25, 0.3) is 0 Å². The Kier molecular flexibility index (Phi) is 13.3. The third-order valence-electron chi connectivity index (χ3n) is 14.7. The van der Waals surface area contributed by atoms with E-state index in [9.17, 15) is 0 Å². The van der Waals surface area contributed by atoms with Gasteiger partial charge in [0.15, 0.2) is 0 Å². The summed E-state index contributed by atoms with van der Waals surface area (Å²) < 4.78 is 0. The predicted molar refractivity (Wildman–Crippen MR) is 293 cm³/mol. The Morgan fingerprint density at radius 2 is 0.647 bits per heavy atom. The van der Waals surface area contributed by atoms with Crippen molar-refractivity contribution in [1.82, 2.24) is 0 Å². The number of rotatable bonds is 12. The summed E-state index contributed by atoms with van der Waals surface area (Å²) in [6.45, 7) is 18.2. The van der Waals surface area contributed by atoms with Crippen molar-refractivity contribution in [2.75, 3.05) is 9.80 Å². The van der Waals surface area contributed by atoms with Crippen LogP contribution < -0.4 is 9.80 Å². The van der Waals surface area contributed by atoms with Crippen molar-refractivity contribution in [3.63, 3.8) is 0 Å². The smallest absolute Gasteiger partial charge is 0.0462 e. The minimum Gasteiger partial charge on any atom is -0.311 e. The Morgan fingerprint density at radius 3 is 0.956 bits per heavy atom. The summed E-state index contributed by atoms with van der Waals surface area (Å²) in [7, 11) is 0. The van der Waals surface area contributed by atoms with E-state index in [2.05, 4.69) is 259 Å². The molecule has 0 N–H and O–H groups in total. The van der Waals surface area contributed by atoms with Crippen LogP contribution in [0.15, 0.2) is 194 Å². The maximum Gasteiger partial charge on any atom is 0.0462 e. The molecule has 1 aliphatic rings. The molecule has 1 aliphatic carbocycles. The molecule has 0 spiro atoms. The van der Waals surface area contributed by atoms with Crippen LogP contribution in [0, 0.1) is 0 Å². The lowest BCUT2D eigenvalue weighted by molar-refractivity contribution is 0.346. The molecule has 0 amide bonds. The predicted octanol–water partition coefficient (Wildman–Crippen LogP) is 18.9. The number of anilines is 6. The van der Waals surface area contributed by atoms with Gasteiger partial charge in [-0.2, -0.15) is 0 Å². The number of hydrogen-bond acceptors (Lipinski definition) is 2. The maximum atomic E-state index is 2.43. The average molecular weight is 891 g/mol. The molecule has 1 fully saturated rings. The Bertz CT molecular complexity index is 2700. The quantitative estimate of drug-likeness (QED) is 0.121. The fourth-order valence-corrected chi connectivity index (χ4v) is 10.7. The molecule has 0 atom stereocenters. The number of nitrogens with zero attached hydrogens (tertiary/aromatic N) is 2.